The van der Waals surface area contributed by atoms with Crippen LogP contribution in [0.5, 0.6) is 0 Å². The Labute approximate surface area is 138 Å². The van der Waals surface area contributed by atoms with Crippen LogP contribution in [-0.2, 0) is 9.47 Å². The van der Waals surface area contributed by atoms with Gasteiger partial charge in [-0.1, -0.05) is 43.2 Å². The van der Waals surface area contributed by atoms with E-state index in [1.165, 1.54) is 0 Å². The lowest BCUT2D eigenvalue weighted by Gasteiger charge is -2.44. The van der Waals surface area contributed by atoms with E-state index in [4.69, 9.17) is 9.47 Å². The van der Waals surface area contributed by atoms with E-state index in [0.29, 0.717) is 33.2 Å². The third-order valence-electron chi connectivity index (χ3n) is 3.14. The molecule has 0 aromatic rings. The highest BCUT2D eigenvalue weighted by molar-refractivity contribution is 9.36. The fourth-order valence-electron chi connectivity index (χ4n) is 2.34. The molecule has 1 aliphatic carbocycles. The predicted octanol–water partition coefficient (Wildman–Crippen LogP) is 4.89. The minimum absolute atomic E-state index is 0.336. The molecule has 3 aliphatic rings. The molecule has 6 atom stereocenters. The Morgan fingerprint density at radius 1 is 0.556 bits per heavy atom. The summed E-state index contributed by atoms with van der Waals surface area (Å²) in [6, 6.07) is 0. The Bertz CT molecular complexity index is 268. The molecule has 2 nitrogen and oxygen atoms in total. The normalized spacial score (nSPS) is 48.3. The number of fused-ring (bicyclic) bond motifs is 2. The van der Waals surface area contributed by atoms with Crippen molar-refractivity contribution in [1.82, 2.24) is 0 Å². The lowest BCUT2D eigenvalue weighted by atomic mass is 9.92. The van der Waals surface area contributed by atoms with E-state index in [1.807, 2.05) is 96.7 Å². The van der Waals surface area contributed by atoms with Gasteiger partial charge in [0.1, 0.15) is 0 Å². The van der Waals surface area contributed by atoms with Gasteiger partial charge in [-0.2, -0.15) is 0 Å². The second-order valence-corrected chi connectivity index (χ2v) is 16.2. The van der Waals surface area contributed by atoms with Crippen molar-refractivity contribution in [2.45, 2.75) is 33.2 Å². The Kier molecular flexibility index (Phi) is 6.35. The lowest BCUT2D eigenvalue weighted by molar-refractivity contribution is 0.0240. The van der Waals surface area contributed by atoms with Gasteiger partial charge in [0.05, 0.1) is 33.2 Å². The van der Waals surface area contributed by atoms with Crippen molar-refractivity contribution in [1.29, 1.82) is 0 Å². The van der Waals surface area contributed by atoms with Gasteiger partial charge in [0.25, 0.3) is 0 Å². The Morgan fingerprint density at radius 2 is 0.944 bits per heavy atom. The number of rotatable bonds is 2. The summed E-state index contributed by atoms with van der Waals surface area (Å²) < 4.78 is 11.7. The van der Waals surface area contributed by atoms with E-state index >= 15 is 0 Å². The van der Waals surface area contributed by atoms with Crippen molar-refractivity contribution >= 4 is 82.5 Å². The molecular formula is C8H12O2S8. The van der Waals surface area contributed by atoms with Gasteiger partial charge in [-0.25, -0.2) is 0 Å². The molecule has 0 radical (unpaired) electrons. The van der Waals surface area contributed by atoms with Crippen LogP contribution in [0.2, 0.25) is 0 Å². The fraction of sp³-hybridized carbons (Fsp3) is 1.00. The standard InChI is InChI=1S/C8H12O2S8/c1-9-3-5-6(12-15-11-5)4(10-2)8-7(3)13-16-18-17-14-8/h3-8H,1-2H3. The molecule has 0 spiro atoms. The molecule has 0 N–H and O–H groups in total. The molecule has 0 amide bonds. The molecule has 2 aliphatic heterocycles. The van der Waals surface area contributed by atoms with Crippen LogP contribution in [0.25, 0.3) is 0 Å². The van der Waals surface area contributed by atoms with Crippen LogP contribution >= 0.6 is 82.5 Å². The molecule has 0 aromatic carbocycles. The highest BCUT2D eigenvalue weighted by Crippen LogP contribution is 2.65. The van der Waals surface area contributed by atoms with Gasteiger partial charge in [0.15, 0.2) is 0 Å². The van der Waals surface area contributed by atoms with Crippen LogP contribution in [0.3, 0.4) is 0 Å². The highest BCUT2D eigenvalue weighted by Gasteiger charge is 2.55. The maximum absolute atomic E-state index is 5.85. The van der Waals surface area contributed by atoms with Gasteiger partial charge < -0.3 is 9.47 Å². The van der Waals surface area contributed by atoms with E-state index in [2.05, 4.69) is 0 Å². The van der Waals surface area contributed by atoms with Gasteiger partial charge in [0.2, 0.25) is 0 Å². The monoisotopic (exact) mass is 396 g/mol. The zero-order valence-corrected chi connectivity index (χ0v) is 16.1. The van der Waals surface area contributed by atoms with Crippen LogP contribution in [0, 0.1) is 0 Å². The fourth-order valence-corrected chi connectivity index (χ4v) is 20.0. The number of ether oxygens (including phenoxy) is 2. The summed E-state index contributed by atoms with van der Waals surface area (Å²) in [7, 11) is 19.1. The second kappa shape index (κ2) is 7.32. The van der Waals surface area contributed by atoms with Crippen molar-refractivity contribution in [2.24, 2.45) is 0 Å². The maximum atomic E-state index is 5.85. The third kappa shape index (κ3) is 2.94. The second-order valence-electron chi connectivity index (χ2n) is 3.92. The maximum Gasteiger partial charge on any atom is 0.0849 e. The van der Waals surface area contributed by atoms with Crippen LogP contribution in [0.1, 0.15) is 0 Å². The zero-order chi connectivity index (χ0) is 12.5. The largest absolute Gasteiger partial charge is 0.379 e. The first-order valence-electron chi connectivity index (χ1n) is 5.23. The molecule has 0 aromatic heterocycles. The molecule has 2 heterocycles. The summed E-state index contributed by atoms with van der Waals surface area (Å²) in [5.41, 5.74) is 0. The summed E-state index contributed by atoms with van der Waals surface area (Å²) in [5.74, 6) is 0. The summed E-state index contributed by atoms with van der Waals surface area (Å²) >= 11 is 0. The zero-order valence-electron chi connectivity index (χ0n) is 9.55. The Balaban J connectivity index is 1.88. The lowest BCUT2D eigenvalue weighted by Crippen LogP contribution is -2.58. The topological polar surface area (TPSA) is 18.5 Å². The number of methoxy groups -OCH3 is 2. The highest BCUT2D eigenvalue weighted by atomic mass is 33.8. The summed E-state index contributed by atoms with van der Waals surface area (Å²) in [5, 5.41) is 2.15. The smallest absolute Gasteiger partial charge is 0.0849 e. The van der Waals surface area contributed by atoms with Crippen molar-refractivity contribution in [3.63, 3.8) is 0 Å². The van der Waals surface area contributed by atoms with E-state index in [-0.39, 0.29) is 0 Å². The molecule has 104 valence electrons. The number of hydrogen-bond donors (Lipinski definition) is 0. The summed E-state index contributed by atoms with van der Waals surface area (Å²) in [6.07, 6.45) is 0.673. The van der Waals surface area contributed by atoms with Crippen LogP contribution in [0.4, 0.5) is 0 Å². The quantitative estimate of drug-likeness (QED) is 0.598. The van der Waals surface area contributed by atoms with Gasteiger partial charge in [-0.05, 0) is 39.3 Å². The van der Waals surface area contributed by atoms with Crippen LogP contribution in [0.15, 0.2) is 0 Å². The molecule has 1 saturated carbocycles. The van der Waals surface area contributed by atoms with Crippen molar-refractivity contribution in [3.05, 3.63) is 0 Å². The first kappa shape index (κ1) is 15.6. The molecular weight excluding hydrogens is 385 g/mol. The predicted molar refractivity (Wildman–Crippen MR) is 97.5 cm³/mol. The van der Waals surface area contributed by atoms with Gasteiger partial charge >= 0.3 is 0 Å². The molecule has 0 bridgehead atoms. The van der Waals surface area contributed by atoms with Crippen molar-refractivity contribution in [2.75, 3.05) is 14.2 Å². The van der Waals surface area contributed by atoms with Crippen LogP contribution < -0.4 is 0 Å². The first-order valence-corrected chi connectivity index (χ1v) is 15.1. The molecule has 3 fully saturated rings. The van der Waals surface area contributed by atoms with Crippen molar-refractivity contribution in [3.8, 4) is 0 Å². The van der Waals surface area contributed by atoms with Gasteiger partial charge in [0, 0.05) is 14.2 Å². The van der Waals surface area contributed by atoms with Crippen molar-refractivity contribution < 1.29 is 9.47 Å². The SMILES string of the molecule is COC1C2SSSSSC2C(OC)C2SSSC12. The molecule has 6 unspecified atom stereocenters. The van der Waals surface area contributed by atoms with E-state index in [9.17, 15) is 0 Å². The Morgan fingerprint density at radius 3 is 1.33 bits per heavy atom. The average Bonchev–Trinajstić information content (AvgIpc) is 2.73. The van der Waals surface area contributed by atoms with Gasteiger partial charge in [-0.3, -0.25) is 0 Å². The molecule has 3 rings (SSSR count). The first-order chi connectivity index (χ1) is 8.86. The van der Waals surface area contributed by atoms with Crippen LogP contribution in [-0.4, -0.2) is 47.4 Å². The van der Waals surface area contributed by atoms with E-state index in [0.717, 1.165) is 0 Å². The minimum atomic E-state index is 0.336. The van der Waals surface area contributed by atoms with E-state index < -0.39 is 0 Å². The number of hydrogen-bond acceptors (Lipinski definition) is 10. The summed E-state index contributed by atoms with van der Waals surface area (Å²) in [6.45, 7) is 0. The molecule has 10 heteroatoms. The summed E-state index contributed by atoms with van der Waals surface area (Å²) in [4.78, 5) is 0. The third-order valence-corrected chi connectivity index (χ3v) is 17.8. The van der Waals surface area contributed by atoms with Gasteiger partial charge in [-0.15, -0.1) is 0 Å². The molecule has 18 heavy (non-hydrogen) atoms. The Hall–Kier alpha value is 2.72. The molecule has 2 saturated heterocycles. The average molecular weight is 397 g/mol. The van der Waals surface area contributed by atoms with E-state index in [1.54, 1.807) is 0 Å². The minimum Gasteiger partial charge on any atom is -0.379 e.